The van der Waals surface area contributed by atoms with Crippen molar-refractivity contribution in [1.82, 2.24) is 0 Å². The molecular weight excluding hydrogens is 181 g/mol. The van der Waals surface area contributed by atoms with Crippen molar-refractivity contribution in [3.8, 4) is 0 Å². The smallest absolute Gasteiger partial charge is 0.137 e. The van der Waals surface area contributed by atoms with Crippen LogP contribution in [0.1, 0.15) is 17.5 Å². The summed E-state index contributed by atoms with van der Waals surface area (Å²) in [6.07, 6.45) is 2.19. The van der Waals surface area contributed by atoms with Gasteiger partial charge in [0, 0.05) is 18.5 Å². The van der Waals surface area contributed by atoms with Crippen molar-refractivity contribution >= 4 is 20.9 Å². The number of anilines is 1. The van der Waals surface area contributed by atoms with Gasteiger partial charge in [-0.3, -0.25) is 4.79 Å². The van der Waals surface area contributed by atoms with Crippen LogP contribution in [0.15, 0.2) is 18.2 Å². The monoisotopic (exact) mass is 193 g/mol. The molecule has 2 rings (SSSR count). The van der Waals surface area contributed by atoms with Crippen LogP contribution in [0, 0.1) is 0 Å². The van der Waals surface area contributed by atoms with Gasteiger partial charge in [0.15, 0.2) is 0 Å². The minimum absolute atomic E-state index is 0.347. The number of hydrogen-bond donors (Lipinski definition) is 1. The van der Waals surface area contributed by atoms with E-state index in [9.17, 15) is 4.79 Å². The normalized spacial score (nSPS) is 15.3. The maximum atomic E-state index is 11.3. The molecule has 0 saturated carbocycles. The molecule has 2 nitrogen and oxygen atoms in total. The molecule has 1 aromatic rings. The molecule has 0 bridgehead atoms. The third kappa shape index (κ3) is 1.59. The highest BCUT2D eigenvalue weighted by molar-refractivity contribution is 7.18. The highest BCUT2D eigenvalue weighted by atomic mass is 31.0. The zero-order chi connectivity index (χ0) is 9.26. The summed E-state index contributed by atoms with van der Waals surface area (Å²) in [6.45, 7) is 0. The third-order valence-electron chi connectivity index (χ3n) is 2.48. The fourth-order valence-corrected chi connectivity index (χ4v) is 2.04. The summed E-state index contributed by atoms with van der Waals surface area (Å²) in [5, 5.41) is 3.04. The van der Waals surface area contributed by atoms with Crippen LogP contribution in [0.2, 0.25) is 0 Å². The van der Waals surface area contributed by atoms with E-state index in [1.165, 1.54) is 11.1 Å². The minimum Gasteiger partial charge on any atom is -0.369 e. The first-order chi connectivity index (χ1) is 6.31. The van der Waals surface area contributed by atoms with E-state index in [0.717, 1.165) is 12.1 Å². The van der Waals surface area contributed by atoms with E-state index < -0.39 is 0 Å². The van der Waals surface area contributed by atoms with Crippen LogP contribution in [0.5, 0.6) is 0 Å². The first-order valence-corrected chi connectivity index (χ1v) is 4.98. The van der Waals surface area contributed by atoms with Gasteiger partial charge in [-0.05, 0) is 33.0 Å². The van der Waals surface area contributed by atoms with Gasteiger partial charge < -0.3 is 5.09 Å². The Morgan fingerprint density at radius 1 is 1.31 bits per heavy atom. The number of ketones is 1. The summed E-state index contributed by atoms with van der Waals surface area (Å²) >= 11 is 0. The number of rotatable bonds is 1. The van der Waals surface area contributed by atoms with Crippen molar-refractivity contribution in [2.24, 2.45) is 0 Å². The van der Waals surface area contributed by atoms with Crippen molar-refractivity contribution in [2.45, 2.75) is 19.3 Å². The molecule has 0 aromatic heterocycles. The van der Waals surface area contributed by atoms with Gasteiger partial charge in [-0.25, -0.2) is 0 Å². The first-order valence-electron chi connectivity index (χ1n) is 4.40. The molecule has 13 heavy (non-hydrogen) atoms. The predicted molar refractivity (Wildman–Crippen MR) is 56.8 cm³/mol. The average molecular weight is 193 g/mol. The fourth-order valence-electron chi connectivity index (χ4n) is 1.77. The molecule has 1 aromatic carbocycles. The lowest BCUT2D eigenvalue weighted by atomic mass is 9.90. The number of hydrogen-bond acceptors (Lipinski definition) is 2. The molecule has 1 aliphatic carbocycles. The van der Waals surface area contributed by atoms with E-state index in [-0.39, 0.29) is 0 Å². The molecule has 1 unspecified atom stereocenters. The second kappa shape index (κ2) is 3.47. The lowest BCUT2D eigenvalue weighted by Gasteiger charge is -2.17. The van der Waals surface area contributed by atoms with Crippen molar-refractivity contribution < 1.29 is 4.79 Å². The Bertz CT molecular complexity index is 335. The van der Waals surface area contributed by atoms with E-state index in [0.29, 0.717) is 18.6 Å². The number of carbonyl (C=O) groups is 1. The molecular formula is C10H12NOP. The maximum Gasteiger partial charge on any atom is 0.137 e. The summed E-state index contributed by atoms with van der Waals surface area (Å²) < 4.78 is 0. The molecule has 0 heterocycles. The van der Waals surface area contributed by atoms with Gasteiger partial charge in [0.1, 0.15) is 5.78 Å². The standard InChI is InChI=1S/C10H12NOP/c12-8-5-4-7-2-1-3-10(11-13)9(7)6-8/h1-3,11H,4-6,13H2. The summed E-state index contributed by atoms with van der Waals surface area (Å²) in [6, 6.07) is 6.14. The summed E-state index contributed by atoms with van der Waals surface area (Å²) in [7, 11) is 2.47. The van der Waals surface area contributed by atoms with Gasteiger partial charge in [0.2, 0.25) is 0 Å². The number of nitrogens with one attached hydrogen (secondary N) is 1. The van der Waals surface area contributed by atoms with Crippen molar-refractivity contribution in [2.75, 3.05) is 5.09 Å². The molecule has 0 fully saturated rings. The summed E-state index contributed by atoms with van der Waals surface area (Å²) in [5.41, 5.74) is 3.55. The highest BCUT2D eigenvalue weighted by Crippen LogP contribution is 2.26. The minimum atomic E-state index is 0.347. The maximum absolute atomic E-state index is 11.3. The summed E-state index contributed by atoms with van der Waals surface area (Å²) in [5.74, 6) is 0.347. The zero-order valence-corrected chi connectivity index (χ0v) is 8.49. The number of benzene rings is 1. The second-order valence-electron chi connectivity index (χ2n) is 3.30. The SMILES string of the molecule is O=C1CCc2cccc(NP)c2C1. The van der Waals surface area contributed by atoms with Gasteiger partial charge in [0.05, 0.1) is 0 Å². The van der Waals surface area contributed by atoms with Crippen LogP contribution < -0.4 is 5.09 Å². The van der Waals surface area contributed by atoms with Crippen LogP contribution in [-0.2, 0) is 17.6 Å². The van der Waals surface area contributed by atoms with Crippen LogP contribution in [0.25, 0.3) is 0 Å². The van der Waals surface area contributed by atoms with Crippen molar-refractivity contribution in [3.05, 3.63) is 29.3 Å². The van der Waals surface area contributed by atoms with Gasteiger partial charge in [-0.2, -0.15) is 0 Å². The topological polar surface area (TPSA) is 29.1 Å². The quantitative estimate of drug-likeness (QED) is 0.690. The molecule has 0 saturated heterocycles. The molecule has 0 spiro atoms. The zero-order valence-electron chi connectivity index (χ0n) is 7.34. The molecule has 1 atom stereocenters. The fraction of sp³-hybridized carbons (Fsp3) is 0.300. The van der Waals surface area contributed by atoms with Crippen molar-refractivity contribution in [1.29, 1.82) is 0 Å². The lowest BCUT2D eigenvalue weighted by Crippen LogP contribution is -2.14. The molecule has 0 radical (unpaired) electrons. The van der Waals surface area contributed by atoms with E-state index in [1.54, 1.807) is 0 Å². The van der Waals surface area contributed by atoms with Gasteiger partial charge in [0.25, 0.3) is 0 Å². The van der Waals surface area contributed by atoms with E-state index in [1.807, 2.05) is 12.1 Å². The van der Waals surface area contributed by atoms with Crippen LogP contribution >= 0.6 is 9.39 Å². The first kappa shape index (κ1) is 8.71. The van der Waals surface area contributed by atoms with Crippen molar-refractivity contribution in [3.63, 3.8) is 0 Å². The molecule has 3 heteroatoms. The third-order valence-corrected chi connectivity index (χ3v) is 2.79. The van der Waals surface area contributed by atoms with Gasteiger partial charge in [-0.1, -0.05) is 12.1 Å². The number of Topliss-reactive ketones (excluding diaryl/α,β-unsaturated/α-hetero) is 1. The van der Waals surface area contributed by atoms with Crippen LogP contribution in [-0.4, -0.2) is 5.78 Å². The number of carbonyl (C=O) groups excluding carboxylic acids is 1. The second-order valence-corrected chi connectivity index (χ2v) is 3.59. The average Bonchev–Trinajstić information content (AvgIpc) is 2.17. The Hall–Kier alpha value is -0.880. The van der Waals surface area contributed by atoms with E-state index in [2.05, 4.69) is 20.5 Å². The molecule has 0 amide bonds. The molecule has 0 aliphatic heterocycles. The lowest BCUT2D eigenvalue weighted by molar-refractivity contribution is -0.118. The Balaban J connectivity index is 2.46. The van der Waals surface area contributed by atoms with E-state index >= 15 is 0 Å². The van der Waals surface area contributed by atoms with Crippen LogP contribution in [0.3, 0.4) is 0 Å². The predicted octanol–water partition coefficient (Wildman–Crippen LogP) is 1.95. The highest BCUT2D eigenvalue weighted by Gasteiger charge is 2.17. The van der Waals surface area contributed by atoms with Gasteiger partial charge in [-0.15, -0.1) is 0 Å². The Morgan fingerprint density at radius 3 is 2.92 bits per heavy atom. The van der Waals surface area contributed by atoms with E-state index in [4.69, 9.17) is 0 Å². The Kier molecular flexibility index (Phi) is 2.32. The van der Waals surface area contributed by atoms with Gasteiger partial charge >= 0.3 is 0 Å². The molecule has 1 aliphatic rings. The molecule has 1 N–H and O–H groups in total. The number of aryl methyl sites for hydroxylation is 1. The van der Waals surface area contributed by atoms with Crippen LogP contribution in [0.4, 0.5) is 5.69 Å². The Labute approximate surface area is 80.0 Å². The largest absolute Gasteiger partial charge is 0.369 e. The Morgan fingerprint density at radius 2 is 2.15 bits per heavy atom. The molecule has 68 valence electrons. The summed E-state index contributed by atoms with van der Waals surface area (Å²) in [4.78, 5) is 11.3. The number of fused-ring (bicyclic) bond motifs is 1.